The zero-order valence-corrected chi connectivity index (χ0v) is 22.9. The van der Waals surface area contributed by atoms with Gasteiger partial charge >= 0.3 is 5.97 Å². The summed E-state index contributed by atoms with van der Waals surface area (Å²) in [6, 6.07) is 0. The van der Waals surface area contributed by atoms with Gasteiger partial charge in [0.15, 0.2) is 0 Å². The van der Waals surface area contributed by atoms with Gasteiger partial charge < -0.3 is 4.74 Å². The standard InChI is InChI=1S/C29H58O2S/c1-3-5-7-9-11-13-15-17-19-21-23-25-28(32)27-29(30)31-26-24-22-20-18-16-14-12-10-8-6-4-2/h28,32H,3-27H2,1-2H3. The number of unbranched alkanes of at least 4 members (excludes halogenated alkanes) is 20. The summed E-state index contributed by atoms with van der Waals surface area (Å²) in [5.74, 6) is -0.0554. The summed E-state index contributed by atoms with van der Waals surface area (Å²) in [6.45, 7) is 5.14. The molecule has 0 bridgehead atoms. The second-order valence-electron chi connectivity index (χ2n) is 9.94. The lowest BCUT2D eigenvalue weighted by Gasteiger charge is -2.10. The van der Waals surface area contributed by atoms with Gasteiger partial charge in [-0.25, -0.2) is 0 Å². The van der Waals surface area contributed by atoms with Gasteiger partial charge in [-0.3, -0.25) is 4.79 Å². The molecule has 0 saturated heterocycles. The first-order chi connectivity index (χ1) is 15.7. The van der Waals surface area contributed by atoms with Gasteiger partial charge in [0.25, 0.3) is 0 Å². The molecule has 0 aliphatic heterocycles. The monoisotopic (exact) mass is 470 g/mol. The number of rotatable bonds is 26. The number of esters is 1. The van der Waals surface area contributed by atoms with Crippen LogP contribution in [0.4, 0.5) is 0 Å². The lowest BCUT2D eigenvalue weighted by atomic mass is 10.0. The molecule has 1 atom stereocenters. The second-order valence-corrected chi connectivity index (χ2v) is 10.7. The van der Waals surface area contributed by atoms with Crippen LogP contribution in [0.5, 0.6) is 0 Å². The third-order valence-corrected chi connectivity index (χ3v) is 6.99. The van der Waals surface area contributed by atoms with E-state index in [4.69, 9.17) is 4.74 Å². The molecule has 0 saturated carbocycles. The molecular formula is C29H58O2S. The molecule has 0 fully saturated rings. The summed E-state index contributed by atoms with van der Waals surface area (Å²) in [5, 5.41) is 0.165. The van der Waals surface area contributed by atoms with Crippen molar-refractivity contribution in [2.45, 2.75) is 173 Å². The van der Waals surface area contributed by atoms with E-state index in [0.717, 1.165) is 12.8 Å². The van der Waals surface area contributed by atoms with Crippen molar-refractivity contribution < 1.29 is 9.53 Å². The van der Waals surface area contributed by atoms with E-state index >= 15 is 0 Å². The van der Waals surface area contributed by atoms with Crippen LogP contribution < -0.4 is 0 Å². The number of hydrogen-bond acceptors (Lipinski definition) is 3. The molecule has 3 heteroatoms. The molecule has 0 aliphatic carbocycles. The number of carbonyl (C=O) groups excluding carboxylic acids is 1. The van der Waals surface area contributed by atoms with Crippen LogP contribution in [0.15, 0.2) is 0 Å². The molecule has 0 radical (unpaired) electrons. The highest BCUT2D eigenvalue weighted by atomic mass is 32.1. The van der Waals surface area contributed by atoms with E-state index in [1.165, 1.54) is 135 Å². The molecule has 0 aromatic heterocycles. The van der Waals surface area contributed by atoms with Crippen molar-refractivity contribution in [1.82, 2.24) is 0 Å². The lowest BCUT2D eigenvalue weighted by molar-refractivity contribution is -0.143. The molecule has 192 valence electrons. The molecule has 0 aromatic rings. The predicted octanol–water partition coefficient (Wildman–Crippen LogP) is 10.2. The fourth-order valence-corrected chi connectivity index (χ4v) is 4.68. The third-order valence-electron chi connectivity index (χ3n) is 6.55. The van der Waals surface area contributed by atoms with Gasteiger partial charge in [-0.1, -0.05) is 149 Å². The van der Waals surface area contributed by atoms with Crippen LogP contribution in [0, 0.1) is 0 Å². The van der Waals surface area contributed by atoms with Crippen molar-refractivity contribution in [3.05, 3.63) is 0 Å². The summed E-state index contributed by atoms with van der Waals surface area (Å²) in [4.78, 5) is 12.0. The highest BCUT2D eigenvalue weighted by Gasteiger charge is 2.10. The number of thiol groups is 1. The van der Waals surface area contributed by atoms with Crippen LogP contribution >= 0.6 is 12.6 Å². The van der Waals surface area contributed by atoms with E-state index in [1.54, 1.807) is 0 Å². The molecule has 0 aromatic carbocycles. The van der Waals surface area contributed by atoms with Gasteiger partial charge in [0.1, 0.15) is 0 Å². The van der Waals surface area contributed by atoms with Crippen molar-refractivity contribution in [3.8, 4) is 0 Å². The SMILES string of the molecule is CCCCCCCCCCCCCOC(=O)CC(S)CCCCCCCCCCCCC. The Hall–Kier alpha value is -0.180. The highest BCUT2D eigenvalue weighted by Crippen LogP contribution is 2.16. The van der Waals surface area contributed by atoms with Crippen LogP contribution in [0.1, 0.15) is 168 Å². The van der Waals surface area contributed by atoms with Crippen LogP contribution in [0.25, 0.3) is 0 Å². The smallest absolute Gasteiger partial charge is 0.306 e. The molecule has 0 amide bonds. The van der Waals surface area contributed by atoms with Crippen LogP contribution in [0.2, 0.25) is 0 Å². The van der Waals surface area contributed by atoms with Crippen LogP contribution in [-0.4, -0.2) is 17.8 Å². The zero-order chi connectivity index (χ0) is 23.5. The maximum Gasteiger partial charge on any atom is 0.306 e. The molecule has 0 rings (SSSR count). The first-order valence-electron chi connectivity index (χ1n) is 14.5. The van der Waals surface area contributed by atoms with Crippen molar-refractivity contribution in [2.24, 2.45) is 0 Å². The Kier molecular flexibility index (Phi) is 26.9. The number of carbonyl (C=O) groups is 1. The van der Waals surface area contributed by atoms with Crippen LogP contribution in [-0.2, 0) is 9.53 Å². The minimum Gasteiger partial charge on any atom is -0.466 e. The number of hydrogen-bond donors (Lipinski definition) is 1. The average Bonchev–Trinajstić information content (AvgIpc) is 2.78. The Bertz CT molecular complexity index is 372. The predicted molar refractivity (Wildman–Crippen MR) is 146 cm³/mol. The maximum atomic E-state index is 12.0. The summed E-state index contributed by atoms with van der Waals surface area (Å²) in [6.07, 6.45) is 31.0. The molecule has 0 heterocycles. The summed E-state index contributed by atoms with van der Waals surface area (Å²) in [5.41, 5.74) is 0. The van der Waals surface area contributed by atoms with Gasteiger partial charge in [0, 0.05) is 5.25 Å². The summed E-state index contributed by atoms with van der Waals surface area (Å²) < 4.78 is 5.41. The van der Waals surface area contributed by atoms with Gasteiger partial charge in [-0.2, -0.15) is 12.6 Å². The molecule has 0 aliphatic rings. The van der Waals surface area contributed by atoms with Gasteiger partial charge in [-0.05, 0) is 12.8 Å². The van der Waals surface area contributed by atoms with E-state index in [9.17, 15) is 4.79 Å². The van der Waals surface area contributed by atoms with Crippen molar-refractivity contribution in [2.75, 3.05) is 6.61 Å². The highest BCUT2D eigenvalue weighted by molar-refractivity contribution is 7.81. The van der Waals surface area contributed by atoms with Crippen molar-refractivity contribution >= 4 is 18.6 Å². The van der Waals surface area contributed by atoms with E-state index in [0.29, 0.717) is 13.0 Å². The Morgan fingerprint density at radius 3 is 1.31 bits per heavy atom. The third kappa shape index (κ3) is 26.1. The van der Waals surface area contributed by atoms with Gasteiger partial charge in [0.2, 0.25) is 0 Å². The van der Waals surface area contributed by atoms with E-state index in [-0.39, 0.29) is 11.2 Å². The van der Waals surface area contributed by atoms with Crippen molar-refractivity contribution in [3.63, 3.8) is 0 Å². The fraction of sp³-hybridized carbons (Fsp3) is 0.966. The van der Waals surface area contributed by atoms with Crippen LogP contribution in [0.3, 0.4) is 0 Å². The zero-order valence-electron chi connectivity index (χ0n) is 22.0. The largest absolute Gasteiger partial charge is 0.466 e. The lowest BCUT2D eigenvalue weighted by Crippen LogP contribution is -2.12. The Balaban J connectivity index is 3.29. The summed E-state index contributed by atoms with van der Waals surface area (Å²) >= 11 is 4.61. The summed E-state index contributed by atoms with van der Waals surface area (Å²) in [7, 11) is 0. The Morgan fingerprint density at radius 1 is 0.562 bits per heavy atom. The second kappa shape index (κ2) is 27.1. The van der Waals surface area contributed by atoms with E-state index in [2.05, 4.69) is 26.5 Å². The maximum absolute atomic E-state index is 12.0. The molecular weight excluding hydrogens is 412 g/mol. The molecule has 0 N–H and O–H groups in total. The first kappa shape index (κ1) is 31.8. The van der Waals surface area contributed by atoms with Gasteiger partial charge in [0.05, 0.1) is 13.0 Å². The van der Waals surface area contributed by atoms with E-state index < -0.39 is 0 Å². The fourth-order valence-electron chi connectivity index (χ4n) is 4.35. The van der Waals surface area contributed by atoms with E-state index in [1.807, 2.05) is 0 Å². The molecule has 1 unspecified atom stereocenters. The topological polar surface area (TPSA) is 26.3 Å². The van der Waals surface area contributed by atoms with Gasteiger partial charge in [-0.15, -0.1) is 0 Å². The first-order valence-corrected chi connectivity index (χ1v) is 15.1. The minimum atomic E-state index is -0.0554. The number of ether oxygens (including phenoxy) is 1. The molecule has 32 heavy (non-hydrogen) atoms. The quantitative estimate of drug-likeness (QED) is 0.0772. The normalized spacial score (nSPS) is 12.2. The minimum absolute atomic E-state index is 0.0554. The Morgan fingerprint density at radius 2 is 0.906 bits per heavy atom. The Labute approximate surface area is 207 Å². The van der Waals surface area contributed by atoms with Crippen molar-refractivity contribution in [1.29, 1.82) is 0 Å². The molecule has 0 spiro atoms. The molecule has 2 nitrogen and oxygen atoms in total. The average molecular weight is 471 g/mol.